The number of rotatable bonds is 13. The van der Waals surface area contributed by atoms with E-state index in [0.29, 0.717) is 42.7 Å². The van der Waals surface area contributed by atoms with E-state index >= 15 is 0 Å². The van der Waals surface area contributed by atoms with E-state index in [1.807, 2.05) is 55.1 Å². The molecule has 39 heavy (non-hydrogen) atoms. The second-order valence-corrected chi connectivity index (χ2v) is 10.5. The summed E-state index contributed by atoms with van der Waals surface area (Å²) in [6.07, 6.45) is 3.26. The number of carbonyl (C=O) groups excluding carboxylic acids is 2. The molecule has 6 heteroatoms. The van der Waals surface area contributed by atoms with Crippen LogP contribution in [-0.2, 0) is 12.8 Å². The molecule has 3 aromatic rings. The molecular weight excluding hydrogens is 486 g/mol. The molecule has 1 unspecified atom stereocenters. The average molecular weight is 528 g/mol. The Morgan fingerprint density at radius 1 is 0.949 bits per heavy atom. The number of primary amides is 1. The Balaban J connectivity index is 1.72. The Labute approximate surface area is 232 Å². The minimum Gasteiger partial charge on any atom is -0.391 e. The second-order valence-electron chi connectivity index (χ2n) is 10.5. The van der Waals surface area contributed by atoms with Crippen LogP contribution < -0.4 is 11.1 Å². The van der Waals surface area contributed by atoms with E-state index in [2.05, 4.69) is 23.5 Å². The van der Waals surface area contributed by atoms with Gasteiger partial charge in [-0.15, -0.1) is 0 Å². The molecule has 0 fully saturated rings. The standard InChI is InChI=1S/C33H41N3O3/c1-3-19-36(20-4-2)33(39)27-16-10-15-26(32(34)38)31(27)28(21-23-11-6-5-7-12-23)30(37)22-35-29-18-17-24-13-8-9-14-25(24)29/h5-16,28-30,35,37H,3-4,17-22H2,1-2H3,(H2,34,38)/t28-,29?,30+/m1/s1. The van der Waals surface area contributed by atoms with Crippen molar-refractivity contribution >= 4 is 11.8 Å². The predicted molar refractivity (Wildman–Crippen MR) is 156 cm³/mol. The van der Waals surface area contributed by atoms with Gasteiger partial charge < -0.3 is 21.1 Å². The van der Waals surface area contributed by atoms with E-state index in [-0.39, 0.29) is 11.9 Å². The largest absolute Gasteiger partial charge is 0.391 e. The third-order valence-electron chi connectivity index (χ3n) is 7.72. The number of hydrogen-bond acceptors (Lipinski definition) is 4. The molecule has 206 valence electrons. The molecule has 1 aliphatic carbocycles. The minimum atomic E-state index is -0.851. The number of nitrogens with one attached hydrogen (secondary N) is 1. The highest BCUT2D eigenvalue weighted by atomic mass is 16.3. The fourth-order valence-electron chi connectivity index (χ4n) is 5.86. The van der Waals surface area contributed by atoms with Crippen molar-refractivity contribution in [2.24, 2.45) is 5.73 Å². The lowest BCUT2D eigenvalue weighted by Crippen LogP contribution is -2.38. The molecule has 0 heterocycles. The Bertz CT molecular complexity index is 1250. The zero-order valence-electron chi connectivity index (χ0n) is 23.1. The lowest BCUT2D eigenvalue weighted by atomic mass is 9.81. The molecule has 0 spiro atoms. The van der Waals surface area contributed by atoms with Crippen LogP contribution in [0.3, 0.4) is 0 Å². The number of nitrogens with zero attached hydrogens (tertiary/aromatic N) is 1. The number of aliphatic hydroxyl groups excluding tert-OH is 1. The van der Waals surface area contributed by atoms with Gasteiger partial charge in [-0.3, -0.25) is 9.59 Å². The van der Waals surface area contributed by atoms with E-state index in [0.717, 1.165) is 31.2 Å². The molecule has 3 aromatic carbocycles. The number of fused-ring (bicyclic) bond motifs is 1. The van der Waals surface area contributed by atoms with Crippen LogP contribution in [-0.4, -0.2) is 47.6 Å². The highest BCUT2D eigenvalue weighted by molar-refractivity contribution is 6.02. The van der Waals surface area contributed by atoms with Crippen LogP contribution in [0.4, 0.5) is 0 Å². The van der Waals surface area contributed by atoms with Gasteiger partial charge in [0.15, 0.2) is 0 Å². The quantitative estimate of drug-likeness (QED) is 0.291. The Hall–Kier alpha value is -3.48. The number of amides is 2. The van der Waals surface area contributed by atoms with Gasteiger partial charge in [0.05, 0.1) is 6.10 Å². The van der Waals surface area contributed by atoms with Crippen molar-refractivity contribution in [3.8, 4) is 0 Å². The molecule has 4 rings (SSSR count). The fourth-order valence-corrected chi connectivity index (χ4v) is 5.86. The second kappa shape index (κ2) is 13.5. The van der Waals surface area contributed by atoms with Gasteiger partial charge >= 0.3 is 0 Å². The highest BCUT2D eigenvalue weighted by Crippen LogP contribution is 2.34. The molecule has 6 nitrogen and oxygen atoms in total. The van der Waals surface area contributed by atoms with E-state index in [9.17, 15) is 14.7 Å². The molecule has 0 bridgehead atoms. The Morgan fingerprint density at radius 3 is 2.31 bits per heavy atom. The molecule has 4 N–H and O–H groups in total. The molecule has 0 saturated heterocycles. The van der Waals surface area contributed by atoms with Crippen molar-refractivity contribution in [2.45, 2.75) is 64.0 Å². The van der Waals surface area contributed by atoms with Crippen molar-refractivity contribution in [3.63, 3.8) is 0 Å². The summed E-state index contributed by atoms with van der Waals surface area (Å²) in [5.41, 5.74) is 10.8. The topological polar surface area (TPSA) is 95.7 Å². The smallest absolute Gasteiger partial charge is 0.254 e. The summed E-state index contributed by atoms with van der Waals surface area (Å²) in [7, 11) is 0. The van der Waals surface area contributed by atoms with Crippen LogP contribution >= 0.6 is 0 Å². The van der Waals surface area contributed by atoms with E-state index in [4.69, 9.17) is 5.73 Å². The number of benzene rings is 3. The summed E-state index contributed by atoms with van der Waals surface area (Å²) in [4.78, 5) is 28.4. The molecular formula is C33H41N3O3. The van der Waals surface area contributed by atoms with E-state index in [1.54, 1.807) is 18.2 Å². The van der Waals surface area contributed by atoms with Gasteiger partial charge in [0.25, 0.3) is 5.91 Å². The van der Waals surface area contributed by atoms with Crippen LogP contribution in [0.1, 0.15) is 88.0 Å². The summed E-state index contributed by atoms with van der Waals surface area (Å²) in [6.45, 7) is 5.67. The first-order valence-corrected chi connectivity index (χ1v) is 14.2. The Kier molecular flexibility index (Phi) is 9.90. The van der Waals surface area contributed by atoms with Crippen LogP contribution in [0.15, 0.2) is 72.8 Å². The van der Waals surface area contributed by atoms with Gasteiger partial charge in [-0.25, -0.2) is 0 Å². The monoisotopic (exact) mass is 527 g/mol. The first kappa shape index (κ1) is 28.5. The Morgan fingerprint density at radius 2 is 1.62 bits per heavy atom. The maximum atomic E-state index is 13.9. The molecule has 0 aliphatic heterocycles. The molecule has 0 saturated carbocycles. The highest BCUT2D eigenvalue weighted by Gasteiger charge is 2.32. The number of aliphatic hydroxyl groups is 1. The van der Waals surface area contributed by atoms with Crippen molar-refractivity contribution in [2.75, 3.05) is 19.6 Å². The molecule has 0 radical (unpaired) electrons. The van der Waals surface area contributed by atoms with Crippen molar-refractivity contribution in [1.82, 2.24) is 10.2 Å². The predicted octanol–water partition coefficient (Wildman–Crippen LogP) is 5.01. The molecule has 3 atom stereocenters. The first-order chi connectivity index (χ1) is 18.9. The molecule has 2 amide bonds. The average Bonchev–Trinajstić information content (AvgIpc) is 3.37. The number of aryl methyl sites for hydroxylation is 1. The van der Waals surface area contributed by atoms with Crippen LogP contribution in [0, 0.1) is 0 Å². The number of hydrogen-bond donors (Lipinski definition) is 3. The molecule has 1 aliphatic rings. The first-order valence-electron chi connectivity index (χ1n) is 14.2. The lowest BCUT2D eigenvalue weighted by molar-refractivity contribution is 0.0751. The van der Waals surface area contributed by atoms with Gasteiger partial charge in [0, 0.05) is 42.7 Å². The zero-order chi connectivity index (χ0) is 27.8. The van der Waals surface area contributed by atoms with Gasteiger partial charge in [-0.1, -0.05) is 74.5 Å². The fraction of sp³-hybridized carbons (Fsp3) is 0.394. The van der Waals surface area contributed by atoms with Gasteiger partial charge in [-0.05, 0) is 66.5 Å². The maximum absolute atomic E-state index is 13.9. The summed E-state index contributed by atoms with van der Waals surface area (Å²) in [5, 5.41) is 15.3. The van der Waals surface area contributed by atoms with Gasteiger partial charge in [0.2, 0.25) is 5.91 Å². The number of nitrogens with two attached hydrogens (primary N) is 1. The summed E-state index contributed by atoms with van der Waals surface area (Å²) < 4.78 is 0. The molecule has 0 aromatic heterocycles. The summed E-state index contributed by atoms with van der Waals surface area (Å²) >= 11 is 0. The third-order valence-corrected chi connectivity index (χ3v) is 7.72. The van der Waals surface area contributed by atoms with Crippen LogP contribution in [0.5, 0.6) is 0 Å². The van der Waals surface area contributed by atoms with Gasteiger partial charge in [0.1, 0.15) is 0 Å². The van der Waals surface area contributed by atoms with E-state index in [1.165, 1.54) is 11.1 Å². The van der Waals surface area contributed by atoms with Crippen LogP contribution in [0.25, 0.3) is 0 Å². The SMILES string of the molecule is CCCN(CCC)C(=O)c1cccc(C(N)=O)c1[C@H](Cc1ccccc1)[C@@H](O)CNC1CCc2ccccc21. The van der Waals surface area contributed by atoms with E-state index < -0.39 is 17.9 Å². The summed E-state index contributed by atoms with van der Waals surface area (Å²) in [5.74, 6) is -1.23. The maximum Gasteiger partial charge on any atom is 0.254 e. The zero-order valence-corrected chi connectivity index (χ0v) is 23.1. The van der Waals surface area contributed by atoms with Gasteiger partial charge in [-0.2, -0.15) is 0 Å². The van der Waals surface area contributed by atoms with Crippen molar-refractivity contribution in [3.05, 3.63) is 106 Å². The lowest BCUT2D eigenvalue weighted by Gasteiger charge is -2.30. The third kappa shape index (κ3) is 6.75. The normalized spacial score (nSPS) is 15.9. The summed E-state index contributed by atoms with van der Waals surface area (Å²) in [6, 6.07) is 23.6. The minimum absolute atomic E-state index is 0.125. The van der Waals surface area contributed by atoms with Crippen molar-refractivity contribution in [1.29, 1.82) is 0 Å². The number of carbonyl (C=O) groups is 2. The van der Waals surface area contributed by atoms with Crippen molar-refractivity contribution < 1.29 is 14.7 Å². The van der Waals surface area contributed by atoms with Crippen LogP contribution in [0.2, 0.25) is 0 Å².